The first-order chi connectivity index (χ1) is 8.04. The lowest BCUT2D eigenvalue weighted by atomic mass is 9.96. The summed E-state index contributed by atoms with van der Waals surface area (Å²) in [6, 6.07) is 0.860. The molecule has 2 heteroatoms. The molecule has 102 valence electrons. The first-order valence-corrected chi connectivity index (χ1v) is 8.02. The lowest BCUT2D eigenvalue weighted by molar-refractivity contribution is 0.141. The van der Waals surface area contributed by atoms with E-state index in [0.717, 1.165) is 29.5 Å². The molecular weight excluding hydrogens is 226 g/mol. The molecule has 0 aromatic rings. The Morgan fingerprint density at radius 2 is 1.65 bits per heavy atom. The summed E-state index contributed by atoms with van der Waals surface area (Å²) < 4.78 is 0. The highest BCUT2D eigenvalue weighted by Crippen LogP contribution is 2.26. The van der Waals surface area contributed by atoms with Crippen LogP contribution in [0.4, 0.5) is 0 Å². The van der Waals surface area contributed by atoms with Gasteiger partial charge in [0.15, 0.2) is 0 Å². The van der Waals surface area contributed by atoms with Gasteiger partial charge in [-0.25, -0.2) is 0 Å². The second kappa shape index (κ2) is 7.68. The van der Waals surface area contributed by atoms with Gasteiger partial charge >= 0.3 is 0 Å². The Balaban J connectivity index is 2.55. The molecule has 1 fully saturated rings. The van der Waals surface area contributed by atoms with Gasteiger partial charge in [-0.1, -0.05) is 40.5 Å². The summed E-state index contributed by atoms with van der Waals surface area (Å²) in [5, 5.41) is 0. The second-order valence-electron chi connectivity index (χ2n) is 6.47. The fourth-order valence-electron chi connectivity index (χ4n) is 2.89. The molecule has 1 atom stereocenters. The molecule has 1 nitrogen and oxygen atoms in total. The average Bonchev–Trinajstić information content (AvgIpc) is 2.76. The van der Waals surface area contributed by atoms with Crippen LogP contribution in [0.25, 0.3) is 0 Å². The third-order valence-corrected chi connectivity index (χ3v) is 4.56. The van der Waals surface area contributed by atoms with Crippen LogP contribution in [0.15, 0.2) is 0 Å². The maximum absolute atomic E-state index is 4.54. The van der Waals surface area contributed by atoms with E-state index in [2.05, 4.69) is 45.2 Å². The van der Waals surface area contributed by atoms with Crippen LogP contribution in [-0.2, 0) is 0 Å². The second-order valence-corrected chi connectivity index (χ2v) is 6.84. The monoisotopic (exact) mass is 257 g/mol. The van der Waals surface area contributed by atoms with E-state index >= 15 is 0 Å². The van der Waals surface area contributed by atoms with Crippen LogP contribution >= 0.6 is 12.6 Å². The summed E-state index contributed by atoms with van der Waals surface area (Å²) in [5.41, 5.74) is 0. The van der Waals surface area contributed by atoms with E-state index < -0.39 is 0 Å². The first-order valence-electron chi connectivity index (χ1n) is 7.39. The van der Waals surface area contributed by atoms with Crippen molar-refractivity contribution in [3.63, 3.8) is 0 Å². The predicted molar refractivity (Wildman–Crippen MR) is 80.8 cm³/mol. The van der Waals surface area contributed by atoms with Gasteiger partial charge < -0.3 is 0 Å². The van der Waals surface area contributed by atoms with Gasteiger partial charge in [-0.3, -0.25) is 4.90 Å². The van der Waals surface area contributed by atoms with Gasteiger partial charge in [0.1, 0.15) is 0 Å². The largest absolute Gasteiger partial charge is 0.300 e. The quantitative estimate of drug-likeness (QED) is 0.672. The molecule has 1 aliphatic rings. The van der Waals surface area contributed by atoms with Crippen LogP contribution in [0.1, 0.15) is 53.4 Å². The Kier molecular flexibility index (Phi) is 6.94. The summed E-state index contributed by atoms with van der Waals surface area (Å²) in [6.45, 7) is 11.9. The maximum Gasteiger partial charge on any atom is 0.00954 e. The van der Waals surface area contributed by atoms with E-state index in [1.165, 1.54) is 38.8 Å². The minimum atomic E-state index is 0.748. The van der Waals surface area contributed by atoms with E-state index in [1.54, 1.807) is 0 Å². The van der Waals surface area contributed by atoms with E-state index in [4.69, 9.17) is 0 Å². The van der Waals surface area contributed by atoms with Crippen molar-refractivity contribution in [2.45, 2.75) is 59.4 Å². The summed E-state index contributed by atoms with van der Waals surface area (Å²) in [6.07, 6.45) is 5.72. The summed E-state index contributed by atoms with van der Waals surface area (Å²) in [7, 11) is 0. The zero-order valence-electron chi connectivity index (χ0n) is 12.2. The van der Waals surface area contributed by atoms with Crippen LogP contribution in [0.5, 0.6) is 0 Å². The van der Waals surface area contributed by atoms with Crippen LogP contribution < -0.4 is 0 Å². The highest BCUT2D eigenvalue weighted by molar-refractivity contribution is 7.80. The molecule has 0 aromatic carbocycles. The van der Waals surface area contributed by atoms with E-state index in [9.17, 15) is 0 Å². The third-order valence-electron chi connectivity index (χ3n) is 4.09. The van der Waals surface area contributed by atoms with Crippen LogP contribution in [0.3, 0.4) is 0 Å². The van der Waals surface area contributed by atoms with Crippen molar-refractivity contribution in [3.05, 3.63) is 0 Å². The zero-order valence-corrected chi connectivity index (χ0v) is 13.0. The fraction of sp³-hybridized carbons (Fsp3) is 1.00. The van der Waals surface area contributed by atoms with Crippen LogP contribution in [0, 0.1) is 17.8 Å². The standard InChI is InChI=1S/C15H31NS/c1-12(2)9-16(15-7-5-6-8-15)10-14(11-17)13(3)4/h12-15,17H,5-11H2,1-4H3. The zero-order chi connectivity index (χ0) is 12.8. The van der Waals surface area contributed by atoms with E-state index in [1.807, 2.05) is 0 Å². The van der Waals surface area contributed by atoms with Gasteiger partial charge in [-0.05, 0) is 36.3 Å². The first kappa shape index (κ1) is 15.4. The Hall–Kier alpha value is 0.310. The van der Waals surface area contributed by atoms with E-state index in [-0.39, 0.29) is 0 Å². The van der Waals surface area contributed by atoms with Gasteiger partial charge in [-0.15, -0.1) is 0 Å². The molecule has 1 rings (SSSR count). The average molecular weight is 257 g/mol. The van der Waals surface area contributed by atoms with Crippen molar-refractivity contribution in [2.75, 3.05) is 18.8 Å². The molecule has 0 saturated heterocycles. The molecule has 0 amide bonds. The SMILES string of the molecule is CC(C)CN(CC(CS)C(C)C)C1CCCC1. The number of hydrogen-bond acceptors (Lipinski definition) is 2. The van der Waals surface area contributed by atoms with Crippen molar-refractivity contribution in [1.29, 1.82) is 0 Å². The van der Waals surface area contributed by atoms with Crippen LogP contribution in [0.2, 0.25) is 0 Å². The number of thiol groups is 1. The van der Waals surface area contributed by atoms with Gasteiger partial charge in [-0.2, -0.15) is 12.6 Å². The molecule has 0 aliphatic heterocycles. The number of hydrogen-bond donors (Lipinski definition) is 1. The Labute approximate surface area is 114 Å². The molecule has 1 saturated carbocycles. The lowest BCUT2D eigenvalue weighted by Crippen LogP contribution is -2.41. The number of rotatable bonds is 7. The van der Waals surface area contributed by atoms with Gasteiger partial charge in [0.25, 0.3) is 0 Å². The summed E-state index contributed by atoms with van der Waals surface area (Å²) in [5.74, 6) is 3.31. The van der Waals surface area contributed by atoms with Gasteiger partial charge in [0.05, 0.1) is 0 Å². The van der Waals surface area contributed by atoms with Crippen LogP contribution in [-0.4, -0.2) is 29.8 Å². The highest BCUT2D eigenvalue weighted by Gasteiger charge is 2.26. The minimum Gasteiger partial charge on any atom is -0.300 e. The van der Waals surface area contributed by atoms with Crippen molar-refractivity contribution >= 4 is 12.6 Å². The minimum absolute atomic E-state index is 0.748. The van der Waals surface area contributed by atoms with Gasteiger partial charge in [0.2, 0.25) is 0 Å². The highest BCUT2D eigenvalue weighted by atomic mass is 32.1. The summed E-state index contributed by atoms with van der Waals surface area (Å²) in [4.78, 5) is 2.76. The van der Waals surface area contributed by atoms with Crippen molar-refractivity contribution in [1.82, 2.24) is 4.90 Å². The number of nitrogens with zero attached hydrogens (tertiary/aromatic N) is 1. The smallest absolute Gasteiger partial charge is 0.00954 e. The molecule has 0 aromatic heterocycles. The molecule has 0 radical (unpaired) electrons. The Morgan fingerprint density at radius 1 is 1.06 bits per heavy atom. The third kappa shape index (κ3) is 5.21. The molecular formula is C15H31NS. The molecule has 17 heavy (non-hydrogen) atoms. The van der Waals surface area contributed by atoms with E-state index in [0.29, 0.717) is 0 Å². The Bertz CT molecular complexity index is 197. The summed E-state index contributed by atoms with van der Waals surface area (Å²) >= 11 is 4.54. The molecule has 1 unspecified atom stereocenters. The van der Waals surface area contributed by atoms with Crippen molar-refractivity contribution < 1.29 is 0 Å². The van der Waals surface area contributed by atoms with Gasteiger partial charge in [0, 0.05) is 19.1 Å². The molecule has 1 aliphatic carbocycles. The predicted octanol–water partition coefficient (Wildman–Crippen LogP) is 4.09. The topological polar surface area (TPSA) is 3.24 Å². The maximum atomic E-state index is 4.54. The fourth-order valence-corrected chi connectivity index (χ4v) is 3.43. The molecule has 0 heterocycles. The normalized spacial score (nSPS) is 19.8. The lowest BCUT2D eigenvalue weighted by Gasteiger charge is -2.34. The Morgan fingerprint density at radius 3 is 2.06 bits per heavy atom. The molecule has 0 spiro atoms. The van der Waals surface area contributed by atoms with Crippen molar-refractivity contribution in [3.8, 4) is 0 Å². The molecule has 0 bridgehead atoms. The van der Waals surface area contributed by atoms with Crippen molar-refractivity contribution in [2.24, 2.45) is 17.8 Å². The molecule has 0 N–H and O–H groups in total.